The Balaban J connectivity index is 1.57. The quantitative estimate of drug-likeness (QED) is 0.711. The highest BCUT2D eigenvalue weighted by Crippen LogP contribution is 2.13. The van der Waals surface area contributed by atoms with Crippen LogP contribution in [0.15, 0.2) is 60.7 Å². The molecule has 6 nitrogen and oxygen atoms in total. The van der Waals surface area contributed by atoms with E-state index in [4.69, 9.17) is 4.74 Å². The van der Waals surface area contributed by atoms with Gasteiger partial charge in [-0.2, -0.15) is 0 Å². The maximum atomic E-state index is 12.2. The van der Waals surface area contributed by atoms with Crippen LogP contribution in [0, 0.1) is 6.92 Å². The molecule has 1 aromatic heterocycles. The van der Waals surface area contributed by atoms with E-state index in [1.165, 1.54) is 0 Å². The predicted octanol–water partition coefficient (Wildman–Crippen LogP) is 3.66. The van der Waals surface area contributed by atoms with Crippen molar-refractivity contribution in [3.05, 3.63) is 77.5 Å². The Bertz CT molecular complexity index is 877. The third-order valence-electron chi connectivity index (χ3n) is 3.81. The second-order valence-corrected chi connectivity index (χ2v) is 5.83. The molecule has 3 aromatic rings. The van der Waals surface area contributed by atoms with Gasteiger partial charge in [-0.15, -0.1) is 10.2 Å². The highest BCUT2D eigenvalue weighted by molar-refractivity contribution is 6.02. The summed E-state index contributed by atoms with van der Waals surface area (Å²) in [5.74, 6) is 1.13. The van der Waals surface area contributed by atoms with Crippen molar-refractivity contribution >= 4 is 17.4 Å². The van der Waals surface area contributed by atoms with E-state index in [0.717, 1.165) is 22.6 Å². The van der Waals surface area contributed by atoms with Gasteiger partial charge >= 0.3 is 0 Å². The lowest BCUT2D eigenvalue weighted by molar-refractivity contribution is 0.102. The summed E-state index contributed by atoms with van der Waals surface area (Å²) in [5, 5.41) is 14.0. The zero-order chi connectivity index (χ0) is 18.4. The molecule has 0 saturated heterocycles. The molecule has 3 rings (SSSR count). The maximum absolute atomic E-state index is 12.2. The van der Waals surface area contributed by atoms with Gasteiger partial charge in [0.15, 0.2) is 5.69 Å². The summed E-state index contributed by atoms with van der Waals surface area (Å²) in [5.41, 5.74) is 3.17. The lowest BCUT2D eigenvalue weighted by Crippen LogP contribution is -2.15. The van der Waals surface area contributed by atoms with Gasteiger partial charge in [0.05, 0.1) is 7.11 Å². The number of hydrogen-bond donors (Lipinski definition) is 2. The van der Waals surface area contributed by atoms with Crippen molar-refractivity contribution in [1.29, 1.82) is 0 Å². The Morgan fingerprint density at radius 2 is 1.85 bits per heavy atom. The number of carbonyl (C=O) groups is 1. The van der Waals surface area contributed by atoms with Crippen LogP contribution in [-0.4, -0.2) is 23.2 Å². The lowest BCUT2D eigenvalue weighted by atomic mass is 10.2. The van der Waals surface area contributed by atoms with Gasteiger partial charge in [0.2, 0.25) is 0 Å². The highest BCUT2D eigenvalue weighted by atomic mass is 16.5. The molecule has 0 fully saturated rings. The predicted molar refractivity (Wildman–Crippen MR) is 101 cm³/mol. The zero-order valence-corrected chi connectivity index (χ0v) is 14.7. The fourth-order valence-corrected chi connectivity index (χ4v) is 2.40. The molecule has 0 aliphatic rings. The molecular formula is C20H20N4O2. The number of ether oxygens (including phenoxy) is 1. The maximum Gasteiger partial charge on any atom is 0.276 e. The molecule has 6 heteroatoms. The number of carbonyl (C=O) groups excluding carboxylic acids is 1. The van der Waals surface area contributed by atoms with E-state index in [-0.39, 0.29) is 11.6 Å². The third-order valence-corrected chi connectivity index (χ3v) is 3.81. The van der Waals surface area contributed by atoms with Crippen LogP contribution in [0.2, 0.25) is 0 Å². The largest absolute Gasteiger partial charge is 0.497 e. The first-order chi connectivity index (χ1) is 12.6. The Labute approximate surface area is 152 Å². The number of benzene rings is 2. The highest BCUT2D eigenvalue weighted by Gasteiger charge is 2.09. The molecule has 2 aromatic carbocycles. The van der Waals surface area contributed by atoms with Crippen LogP contribution in [0.3, 0.4) is 0 Å². The number of anilines is 2. The van der Waals surface area contributed by atoms with E-state index in [1.54, 1.807) is 19.2 Å². The average molecular weight is 348 g/mol. The lowest BCUT2D eigenvalue weighted by Gasteiger charge is -2.07. The average Bonchev–Trinajstić information content (AvgIpc) is 2.67. The van der Waals surface area contributed by atoms with Crippen LogP contribution < -0.4 is 15.4 Å². The first kappa shape index (κ1) is 17.4. The number of hydrogen-bond acceptors (Lipinski definition) is 5. The number of nitrogens with one attached hydrogen (secondary N) is 2. The van der Waals surface area contributed by atoms with Crippen LogP contribution in [0.5, 0.6) is 5.75 Å². The van der Waals surface area contributed by atoms with Crippen molar-refractivity contribution in [2.45, 2.75) is 13.5 Å². The second kappa shape index (κ2) is 8.11. The molecule has 0 atom stereocenters. The second-order valence-electron chi connectivity index (χ2n) is 5.83. The van der Waals surface area contributed by atoms with E-state index in [1.807, 2.05) is 55.5 Å². The number of aromatic nitrogens is 2. The van der Waals surface area contributed by atoms with Gasteiger partial charge in [0.25, 0.3) is 5.91 Å². The van der Waals surface area contributed by atoms with Gasteiger partial charge in [0.1, 0.15) is 11.6 Å². The molecule has 132 valence electrons. The number of rotatable bonds is 6. The van der Waals surface area contributed by atoms with Gasteiger partial charge in [-0.3, -0.25) is 4.79 Å². The normalized spacial score (nSPS) is 10.2. The van der Waals surface area contributed by atoms with E-state index >= 15 is 0 Å². The van der Waals surface area contributed by atoms with Crippen LogP contribution >= 0.6 is 0 Å². The fourth-order valence-electron chi connectivity index (χ4n) is 2.40. The molecule has 1 amide bonds. The van der Waals surface area contributed by atoms with Gasteiger partial charge in [-0.25, -0.2) is 0 Å². The van der Waals surface area contributed by atoms with Gasteiger partial charge < -0.3 is 15.4 Å². The molecule has 1 heterocycles. The summed E-state index contributed by atoms with van der Waals surface area (Å²) in [6.07, 6.45) is 0. The monoisotopic (exact) mass is 348 g/mol. The van der Waals surface area contributed by atoms with Crippen LogP contribution in [0.4, 0.5) is 11.5 Å². The van der Waals surface area contributed by atoms with Crippen LogP contribution in [-0.2, 0) is 6.54 Å². The molecule has 0 unspecified atom stereocenters. The van der Waals surface area contributed by atoms with Gasteiger partial charge in [-0.1, -0.05) is 24.3 Å². The molecule has 0 aliphatic heterocycles. The summed E-state index contributed by atoms with van der Waals surface area (Å²) < 4.78 is 5.14. The summed E-state index contributed by atoms with van der Waals surface area (Å²) in [6.45, 7) is 2.58. The Morgan fingerprint density at radius 1 is 1.04 bits per heavy atom. The van der Waals surface area contributed by atoms with Gasteiger partial charge in [-0.05, 0) is 54.4 Å². The summed E-state index contributed by atoms with van der Waals surface area (Å²) in [4.78, 5) is 12.2. The molecule has 0 aliphatic carbocycles. The summed E-state index contributed by atoms with van der Waals surface area (Å²) in [7, 11) is 1.64. The Hall–Kier alpha value is -3.41. The topological polar surface area (TPSA) is 76.1 Å². The minimum atomic E-state index is -0.287. The molecule has 2 N–H and O–H groups in total. The molecule has 0 saturated carbocycles. The first-order valence-corrected chi connectivity index (χ1v) is 8.22. The summed E-state index contributed by atoms with van der Waals surface area (Å²) >= 11 is 0. The third kappa shape index (κ3) is 4.57. The molecular weight excluding hydrogens is 328 g/mol. The van der Waals surface area contributed by atoms with Crippen LogP contribution in [0.25, 0.3) is 0 Å². The first-order valence-electron chi connectivity index (χ1n) is 8.22. The summed E-state index contributed by atoms with van der Waals surface area (Å²) in [6, 6.07) is 18.7. The minimum Gasteiger partial charge on any atom is -0.497 e. The van der Waals surface area contributed by atoms with Crippen molar-refractivity contribution in [3.8, 4) is 5.75 Å². The van der Waals surface area contributed by atoms with E-state index < -0.39 is 0 Å². The van der Waals surface area contributed by atoms with Crippen molar-refractivity contribution < 1.29 is 9.53 Å². The zero-order valence-electron chi connectivity index (χ0n) is 14.7. The number of nitrogens with zero attached hydrogens (tertiary/aromatic N) is 2. The van der Waals surface area contributed by atoms with Crippen molar-refractivity contribution in [1.82, 2.24) is 10.2 Å². The molecule has 26 heavy (non-hydrogen) atoms. The van der Waals surface area contributed by atoms with Crippen molar-refractivity contribution in [2.75, 3.05) is 17.7 Å². The smallest absolute Gasteiger partial charge is 0.276 e. The van der Waals surface area contributed by atoms with Crippen molar-refractivity contribution in [3.63, 3.8) is 0 Å². The van der Waals surface area contributed by atoms with E-state index in [2.05, 4.69) is 20.8 Å². The molecule has 0 spiro atoms. The SMILES string of the molecule is COc1ccc(CNc2ccc(C(=O)Nc3cccc(C)c3)nn2)cc1. The molecule has 0 bridgehead atoms. The Morgan fingerprint density at radius 3 is 2.50 bits per heavy atom. The Kier molecular flexibility index (Phi) is 5.43. The molecule has 0 radical (unpaired) electrons. The number of amides is 1. The van der Waals surface area contributed by atoms with Crippen molar-refractivity contribution in [2.24, 2.45) is 0 Å². The minimum absolute atomic E-state index is 0.265. The number of aryl methyl sites for hydroxylation is 1. The fraction of sp³-hybridized carbons (Fsp3) is 0.150. The van der Waals surface area contributed by atoms with E-state index in [9.17, 15) is 4.79 Å². The standard InChI is InChI=1S/C20H20N4O2/c1-14-4-3-5-16(12-14)22-20(25)18-10-11-19(24-23-18)21-13-15-6-8-17(26-2)9-7-15/h3-12H,13H2,1-2H3,(H,21,24)(H,22,25). The van der Waals surface area contributed by atoms with E-state index in [0.29, 0.717) is 12.4 Å². The van der Waals surface area contributed by atoms with Gasteiger partial charge in [0, 0.05) is 12.2 Å². The number of methoxy groups -OCH3 is 1. The van der Waals surface area contributed by atoms with Crippen LogP contribution in [0.1, 0.15) is 21.6 Å².